The minimum atomic E-state index is -2.76. The number of hydrogen-bond donors (Lipinski definition) is 0. The molecule has 4 rings (SSSR count). The lowest BCUT2D eigenvalue weighted by Gasteiger charge is -2.18. The first-order valence-electron chi connectivity index (χ1n) is 8.84. The smallest absolute Gasteiger partial charge is 0.134 e. The Hall–Kier alpha value is -2.32. The van der Waals surface area contributed by atoms with Crippen LogP contribution in [-0.2, 0) is 0 Å². The lowest BCUT2D eigenvalue weighted by molar-refractivity contribution is 1.63. The van der Waals surface area contributed by atoms with Gasteiger partial charge in [0.2, 0.25) is 0 Å². The van der Waals surface area contributed by atoms with E-state index in [0.717, 1.165) is 21.5 Å². The summed E-state index contributed by atoms with van der Waals surface area (Å²) >= 11 is 13.8. The average molecular weight is 405 g/mol. The maximum atomic E-state index is 6.89. The van der Waals surface area contributed by atoms with E-state index < -0.39 is 6.69 Å². The molecule has 0 saturated carbocycles. The highest BCUT2D eigenvalue weighted by atomic mass is 35.7. The highest BCUT2D eigenvalue weighted by molar-refractivity contribution is 7.56. The molecular formula is C24H18Cl2Si. The lowest BCUT2D eigenvalue weighted by atomic mass is 10.1. The van der Waals surface area contributed by atoms with Gasteiger partial charge in [0.15, 0.2) is 0 Å². The molecule has 27 heavy (non-hydrogen) atoms. The fourth-order valence-corrected chi connectivity index (χ4v) is 6.19. The van der Waals surface area contributed by atoms with Crippen LogP contribution in [0.2, 0.25) is 0 Å². The highest BCUT2D eigenvalue weighted by Gasteiger charge is 2.33. The molecule has 0 fully saturated rings. The predicted octanol–water partition coefficient (Wildman–Crippen LogP) is 6.05. The van der Waals surface area contributed by atoms with Crippen LogP contribution in [-0.4, -0.2) is 6.69 Å². The molecule has 0 aliphatic carbocycles. The maximum absolute atomic E-state index is 6.89. The summed E-state index contributed by atoms with van der Waals surface area (Å²) in [7, 11) is 0. The van der Waals surface area contributed by atoms with E-state index in [4.69, 9.17) is 22.2 Å². The van der Waals surface area contributed by atoms with Crippen molar-refractivity contribution in [1.82, 2.24) is 0 Å². The third-order valence-electron chi connectivity index (χ3n) is 4.71. The van der Waals surface area contributed by atoms with Gasteiger partial charge < -0.3 is 0 Å². The summed E-state index contributed by atoms with van der Waals surface area (Å²) in [6.45, 7) is -2.76. The van der Waals surface area contributed by atoms with Crippen molar-refractivity contribution >= 4 is 39.2 Å². The second-order valence-electron chi connectivity index (χ2n) is 6.46. The van der Waals surface area contributed by atoms with Crippen LogP contribution in [0.5, 0.6) is 0 Å². The van der Waals surface area contributed by atoms with Crippen molar-refractivity contribution < 1.29 is 0 Å². The van der Waals surface area contributed by atoms with Crippen molar-refractivity contribution in [3.8, 4) is 22.3 Å². The Kier molecular flexibility index (Phi) is 5.17. The molecule has 0 bridgehead atoms. The molecule has 0 aliphatic rings. The van der Waals surface area contributed by atoms with E-state index in [9.17, 15) is 0 Å². The monoisotopic (exact) mass is 404 g/mol. The quantitative estimate of drug-likeness (QED) is 0.286. The zero-order valence-electron chi connectivity index (χ0n) is 14.6. The highest BCUT2D eigenvalue weighted by Crippen LogP contribution is 2.23. The van der Waals surface area contributed by atoms with Crippen molar-refractivity contribution in [2.24, 2.45) is 0 Å². The van der Waals surface area contributed by atoms with E-state index in [1.54, 1.807) is 0 Å². The van der Waals surface area contributed by atoms with Gasteiger partial charge >= 0.3 is 6.69 Å². The van der Waals surface area contributed by atoms with Gasteiger partial charge in [-0.15, -0.1) is 22.2 Å². The molecular weight excluding hydrogens is 387 g/mol. The summed E-state index contributed by atoms with van der Waals surface area (Å²) < 4.78 is 0. The SMILES string of the molecule is Cl[Si](Cl)(c1ccc(-c2ccccc2)cc1)c1ccc(-c2ccccc2)cc1. The van der Waals surface area contributed by atoms with Crippen LogP contribution < -0.4 is 10.4 Å². The van der Waals surface area contributed by atoms with Crippen LogP contribution in [0.25, 0.3) is 22.3 Å². The van der Waals surface area contributed by atoms with Crippen molar-refractivity contribution in [2.45, 2.75) is 0 Å². The minimum absolute atomic E-state index is 0.998. The van der Waals surface area contributed by atoms with Crippen molar-refractivity contribution in [3.63, 3.8) is 0 Å². The zero-order chi connectivity index (χ0) is 18.7. The van der Waals surface area contributed by atoms with Crippen molar-refractivity contribution in [3.05, 3.63) is 109 Å². The van der Waals surface area contributed by atoms with Gasteiger partial charge in [0.1, 0.15) is 0 Å². The summed E-state index contributed by atoms with van der Waals surface area (Å²) in [5, 5.41) is 2.00. The molecule has 0 atom stereocenters. The molecule has 4 aromatic rings. The first kappa shape index (κ1) is 18.1. The van der Waals surface area contributed by atoms with E-state index in [1.807, 2.05) is 36.4 Å². The van der Waals surface area contributed by atoms with Crippen LogP contribution in [0.15, 0.2) is 109 Å². The van der Waals surface area contributed by atoms with Gasteiger partial charge in [0.05, 0.1) is 0 Å². The van der Waals surface area contributed by atoms with Crippen molar-refractivity contribution in [1.29, 1.82) is 0 Å². The van der Waals surface area contributed by atoms with Gasteiger partial charge in [-0.25, -0.2) is 0 Å². The van der Waals surface area contributed by atoms with Gasteiger partial charge in [-0.2, -0.15) is 0 Å². The zero-order valence-corrected chi connectivity index (χ0v) is 17.2. The van der Waals surface area contributed by atoms with Crippen LogP contribution in [0.1, 0.15) is 0 Å². The Morgan fingerprint density at radius 2 is 0.667 bits per heavy atom. The fraction of sp³-hybridized carbons (Fsp3) is 0. The van der Waals surface area contributed by atoms with Gasteiger partial charge in [0.25, 0.3) is 0 Å². The number of halogens is 2. The molecule has 0 radical (unpaired) electrons. The molecule has 0 unspecified atom stereocenters. The molecule has 0 N–H and O–H groups in total. The summed E-state index contributed by atoms with van der Waals surface area (Å²) in [6, 6.07) is 37.2. The molecule has 4 aromatic carbocycles. The van der Waals surface area contributed by atoms with Crippen LogP contribution >= 0.6 is 22.2 Å². The van der Waals surface area contributed by atoms with Gasteiger partial charge in [0, 0.05) is 0 Å². The maximum Gasteiger partial charge on any atom is 0.310 e. The summed E-state index contributed by atoms with van der Waals surface area (Å²) in [5.41, 5.74) is 4.70. The first-order valence-corrected chi connectivity index (χ1v) is 12.9. The second-order valence-corrected chi connectivity index (χ2v) is 12.7. The van der Waals surface area contributed by atoms with E-state index in [2.05, 4.69) is 72.8 Å². The average Bonchev–Trinajstić information content (AvgIpc) is 2.75. The third-order valence-corrected chi connectivity index (χ3v) is 9.44. The summed E-state index contributed by atoms with van der Waals surface area (Å²) in [6.07, 6.45) is 0. The Bertz CT molecular complexity index is 924. The van der Waals surface area contributed by atoms with E-state index >= 15 is 0 Å². The van der Waals surface area contributed by atoms with Gasteiger partial charge in [-0.05, 0) is 32.6 Å². The Balaban J connectivity index is 1.61. The Morgan fingerprint density at radius 1 is 0.370 bits per heavy atom. The largest absolute Gasteiger partial charge is 0.310 e. The molecule has 0 nitrogen and oxygen atoms in total. The topological polar surface area (TPSA) is 0 Å². The van der Waals surface area contributed by atoms with Crippen molar-refractivity contribution in [2.75, 3.05) is 0 Å². The lowest BCUT2D eigenvalue weighted by Crippen LogP contribution is -2.48. The van der Waals surface area contributed by atoms with E-state index in [1.165, 1.54) is 11.1 Å². The molecule has 0 aromatic heterocycles. The van der Waals surface area contributed by atoms with Crippen LogP contribution in [0, 0.1) is 0 Å². The van der Waals surface area contributed by atoms with Gasteiger partial charge in [-0.3, -0.25) is 0 Å². The Labute approximate surface area is 170 Å². The second kappa shape index (κ2) is 7.73. The summed E-state index contributed by atoms with van der Waals surface area (Å²) in [5.74, 6) is 0. The number of rotatable bonds is 4. The molecule has 0 spiro atoms. The predicted molar refractivity (Wildman–Crippen MR) is 120 cm³/mol. The standard InChI is InChI=1S/C24H18Cl2Si/c25-27(26,23-15-11-21(12-16-23)19-7-3-1-4-8-19)24-17-13-22(14-18-24)20-9-5-2-6-10-20/h1-18H. The fourth-order valence-electron chi connectivity index (χ4n) is 3.17. The van der Waals surface area contributed by atoms with Gasteiger partial charge in [-0.1, -0.05) is 109 Å². The number of benzene rings is 4. The molecule has 0 aliphatic heterocycles. The first-order chi connectivity index (χ1) is 13.1. The molecule has 0 saturated heterocycles. The normalized spacial score (nSPS) is 11.3. The van der Waals surface area contributed by atoms with Crippen LogP contribution in [0.3, 0.4) is 0 Å². The molecule has 0 heterocycles. The summed E-state index contributed by atoms with van der Waals surface area (Å²) in [4.78, 5) is 0. The third kappa shape index (κ3) is 3.86. The van der Waals surface area contributed by atoms with E-state index in [0.29, 0.717) is 0 Å². The molecule has 0 amide bonds. The minimum Gasteiger partial charge on any atom is -0.134 e. The van der Waals surface area contributed by atoms with Crippen LogP contribution in [0.4, 0.5) is 0 Å². The Morgan fingerprint density at radius 3 is 1.00 bits per heavy atom. The molecule has 3 heteroatoms. The van der Waals surface area contributed by atoms with E-state index in [-0.39, 0.29) is 0 Å². The number of hydrogen-bond acceptors (Lipinski definition) is 0. The molecule has 132 valence electrons.